The molecule has 34 heavy (non-hydrogen) atoms. The summed E-state index contributed by atoms with van der Waals surface area (Å²) in [7, 11) is 0. The van der Waals surface area contributed by atoms with E-state index in [9.17, 15) is 24.6 Å². The van der Waals surface area contributed by atoms with Crippen LogP contribution in [-0.2, 0) is 20.8 Å². The molecule has 6 N–H and O–H groups in total. The van der Waals surface area contributed by atoms with Crippen molar-refractivity contribution >= 4 is 17.8 Å². The van der Waals surface area contributed by atoms with Gasteiger partial charge in [-0.2, -0.15) is 0 Å². The molecule has 0 saturated carbocycles. The van der Waals surface area contributed by atoms with E-state index in [1.54, 1.807) is 12.1 Å². The minimum absolute atomic E-state index is 0.0613. The van der Waals surface area contributed by atoms with Gasteiger partial charge < -0.3 is 31.5 Å². The van der Waals surface area contributed by atoms with E-state index in [1.807, 2.05) is 30.5 Å². The zero-order valence-electron chi connectivity index (χ0n) is 18.8. The van der Waals surface area contributed by atoms with Crippen LogP contribution in [-0.4, -0.2) is 63.6 Å². The number of likely N-dealkylation sites (tertiary alicyclic amines) is 1. The van der Waals surface area contributed by atoms with E-state index in [2.05, 4.69) is 10.6 Å². The Morgan fingerprint density at radius 3 is 2.62 bits per heavy atom. The molecule has 0 aromatic heterocycles. The van der Waals surface area contributed by atoms with Crippen molar-refractivity contribution in [3.8, 4) is 5.75 Å². The highest BCUT2D eigenvalue weighted by molar-refractivity contribution is 5.92. The summed E-state index contributed by atoms with van der Waals surface area (Å²) in [5, 5.41) is 25.1. The Balaban J connectivity index is 1.38. The lowest BCUT2D eigenvalue weighted by Gasteiger charge is -2.28. The Morgan fingerprint density at radius 2 is 1.88 bits per heavy atom. The van der Waals surface area contributed by atoms with Gasteiger partial charge in [0.25, 0.3) is 0 Å². The number of aromatic hydroxyl groups is 1. The number of amides is 2. The number of fused-ring (bicyclic) bond motifs is 1. The Morgan fingerprint density at radius 1 is 1.15 bits per heavy atom. The molecular formula is C25H30N4O5. The van der Waals surface area contributed by atoms with Gasteiger partial charge in [-0.15, -0.1) is 0 Å². The number of carbonyl (C=O) groups excluding carboxylic acids is 2. The van der Waals surface area contributed by atoms with Gasteiger partial charge in [-0.3, -0.25) is 9.59 Å². The van der Waals surface area contributed by atoms with Crippen LogP contribution in [0.5, 0.6) is 5.75 Å². The van der Waals surface area contributed by atoms with Crippen molar-refractivity contribution < 1.29 is 24.6 Å². The number of carboxylic acids is 1. The van der Waals surface area contributed by atoms with Gasteiger partial charge in [0.05, 0.1) is 12.1 Å². The fraction of sp³-hybridized carbons (Fsp3) is 0.400. The Kier molecular flexibility index (Phi) is 7.02. The molecule has 3 aliphatic rings. The average molecular weight is 467 g/mol. The van der Waals surface area contributed by atoms with Crippen molar-refractivity contribution in [3.63, 3.8) is 0 Å². The summed E-state index contributed by atoms with van der Waals surface area (Å²) in [5.41, 5.74) is 7.85. The van der Waals surface area contributed by atoms with E-state index in [0.717, 1.165) is 11.1 Å². The Hall–Kier alpha value is -3.59. The second-order valence-corrected chi connectivity index (χ2v) is 8.98. The average Bonchev–Trinajstić information content (AvgIpc) is 3.47. The van der Waals surface area contributed by atoms with Crippen LogP contribution in [0.4, 0.5) is 0 Å². The maximum Gasteiger partial charge on any atom is 0.326 e. The molecule has 0 radical (unpaired) electrons. The molecule has 1 aromatic rings. The van der Waals surface area contributed by atoms with Gasteiger partial charge in [-0.05, 0) is 48.7 Å². The molecule has 4 rings (SSSR count). The summed E-state index contributed by atoms with van der Waals surface area (Å²) in [6.45, 7) is 0.397. The number of rotatable bonds is 8. The molecule has 1 saturated heterocycles. The molecule has 2 amide bonds. The summed E-state index contributed by atoms with van der Waals surface area (Å²) in [6, 6.07) is 3.87. The molecule has 9 nitrogen and oxygen atoms in total. The predicted octanol–water partition coefficient (Wildman–Crippen LogP) is 0.810. The number of allylic oxidation sites excluding steroid dienone is 2. The van der Waals surface area contributed by atoms with Gasteiger partial charge in [0.2, 0.25) is 11.8 Å². The van der Waals surface area contributed by atoms with Crippen molar-refractivity contribution in [2.75, 3.05) is 6.54 Å². The van der Waals surface area contributed by atoms with E-state index in [4.69, 9.17) is 5.73 Å². The van der Waals surface area contributed by atoms with Gasteiger partial charge in [0, 0.05) is 18.9 Å². The lowest BCUT2D eigenvalue weighted by Crippen LogP contribution is -2.54. The number of hydrogen-bond donors (Lipinski definition) is 5. The number of nitrogens with two attached hydrogens (primary N) is 1. The summed E-state index contributed by atoms with van der Waals surface area (Å²) >= 11 is 0. The number of benzene rings is 1. The van der Waals surface area contributed by atoms with Crippen LogP contribution in [0.2, 0.25) is 0 Å². The van der Waals surface area contributed by atoms with E-state index in [1.165, 1.54) is 17.0 Å². The zero-order valence-corrected chi connectivity index (χ0v) is 18.8. The molecule has 1 fully saturated rings. The van der Waals surface area contributed by atoms with Crippen molar-refractivity contribution in [2.45, 2.75) is 49.9 Å². The van der Waals surface area contributed by atoms with Crippen LogP contribution >= 0.6 is 0 Å². The quantitative estimate of drug-likeness (QED) is 0.381. The molecular weight excluding hydrogens is 436 g/mol. The lowest BCUT2D eigenvalue weighted by molar-refractivity contribution is -0.144. The molecule has 180 valence electrons. The first-order valence-corrected chi connectivity index (χ1v) is 11.5. The number of phenolic OH excluding ortho intramolecular Hbond substituents is 1. The minimum atomic E-state index is -1.12. The lowest BCUT2D eigenvalue weighted by atomic mass is 9.88. The molecule has 0 bridgehead atoms. The van der Waals surface area contributed by atoms with E-state index in [0.29, 0.717) is 19.4 Å². The molecule has 9 heteroatoms. The number of carboxylic acid groups (broad SMARTS) is 1. The van der Waals surface area contributed by atoms with Crippen LogP contribution in [0.25, 0.3) is 0 Å². The summed E-state index contributed by atoms with van der Waals surface area (Å²) in [4.78, 5) is 39.5. The molecule has 1 aliphatic carbocycles. The number of aliphatic carboxylic acids is 1. The van der Waals surface area contributed by atoms with Crippen LogP contribution in [0, 0.1) is 5.92 Å². The monoisotopic (exact) mass is 466 g/mol. The molecule has 0 spiro atoms. The Bertz CT molecular complexity index is 1030. The van der Waals surface area contributed by atoms with Crippen molar-refractivity contribution in [3.05, 3.63) is 65.9 Å². The normalized spacial score (nSPS) is 24.7. The number of nitrogens with one attached hydrogen (secondary N) is 2. The number of carbonyl (C=O) groups is 3. The third kappa shape index (κ3) is 5.14. The molecule has 5 atom stereocenters. The van der Waals surface area contributed by atoms with E-state index < -0.39 is 30.0 Å². The van der Waals surface area contributed by atoms with Crippen LogP contribution in [0.3, 0.4) is 0 Å². The third-order valence-corrected chi connectivity index (χ3v) is 6.63. The highest BCUT2D eigenvalue weighted by Crippen LogP contribution is 2.29. The SMILES string of the molecule is N[C@H](Cc1ccc(O)cc1)C(=O)N1CCC[C@H]1C(=O)N[C@@H](CC1=CNC2C=CC=CC12)C(=O)O. The Labute approximate surface area is 198 Å². The number of nitrogens with zero attached hydrogens (tertiary/aromatic N) is 1. The highest BCUT2D eigenvalue weighted by Gasteiger charge is 2.38. The second-order valence-electron chi connectivity index (χ2n) is 8.98. The minimum Gasteiger partial charge on any atom is -0.508 e. The van der Waals surface area contributed by atoms with Crippen molar-refractivity contribution in [1.82, 2.24) is 15.5 Å². The summed E-state index contributed by atoms with van der Waals surface area (Å²) < 4.78 is 0. The maximum absolute atomic E-state index is 13.1. The number of phenols is 1. The fourth-order valence-electron chi connectivity index (χ4n) is 4.81. The molecule has 2 unspecified atom stereocenters. The van der Waals surface area contributed by atoms with Gasteiger partial charge in [-0.1, -0.05) is 36.4 Å². The first-order chi connectivity index (χ1) is 16.3. The smallest absolute Gasteiger partial charge is 0.326 e. The van der Waals surface area contributed by atoms with Gasteiger partial charge in [-0.25, -0.2) is 4.79 Å². The first-order valence-electron chi connectivity index (χ1n) is 11.5. The van der Waals surface area contributed by atoms with Crippen LogP contribution in [0.15, 0.2) is 60.3 Å². The molecule has 2 aliphatic heterocycles. The zero-order chi connectivity index (χ0) is 24.2. The second kappa shape index (κ2) is 10.1. The maximum atomic E-state index is 13.1. The fourth-order valence-corrected chi connectivity index (χ4v) is 4.81. The standard InChI is InChI=1S/C25H30N4O5/c26-19(12-15-7-9-17(30)10-8-15)24(32)29-11-3-6-22(29)23(31)28-21(25(33)34)13-16-14-27-20-5-2-1-4-18(16)20/h1-2,4-5,7-10,14,18-22,27,30H,3,6,11-13,26H2,(H,28,31)(H,33,34)/t18?,19-,20?,21+,22+/m1/s1. The van der Waals surface area contributed by atoms with E-state index in [-0.39, 0.29) is 36.5 Å². The first kappa shape index (κ1) is 23.6. The van der Waals surface area contributed by atoms with Gasteiger partial charge >= 0.3 is 5.97 Å². The van der Waals surface area contributed by atoms with Crippen molar-refractivity contribution in [2.24, 2.45) is 11.7 Å². The van der Waals surface area contributed by atoms with Gasteiger partial charge in [0.15, 0.2) is 0 Å². The predicted molar refractivity (Wildman–Crippen MR) is 125 cm³/mol. The summed E-state index contributed by atoms with van der Waals surface area (Å²) in [5.74, 6) is -1.75. The van der Waals surface area contributed by atoms with Crippen LogP contribution in [0.1, 0.15) is 24.8 Å². The third-order valence-electron chi connectivity index (χ3n) is 6.63. The van der Waals surface area contributed by atoms with Crippen LogP contribution < -0.4 is 16.4 Å². The number of hydrogen-bond acceptors (Lipinski definition) is 6. The topological polar surface area (TPSA) is 145 Å². The van der Waals surface area contributed by atoms with Crippen molar-refractivity contribution in [1.29, 1.82) is 0 Å². The van der Waals surface area contributed by atoms with Gasteiger partial charge in [0.1, 0.15) is 17.8 Å². The highest BCUT2D eigenvalue weighted by atomic mass is 16.4. The largest absolute Gasteiger partial charge is 0.508 e. The molecule has 2 heterocycles. The van der Waals surface area contributed by atoms with E-state index >= 15 is 0 Å². The molecule has 1 aromatic carbocycles. The summed E-state index contributed by atoms with van der Waals surface area (Å²) in [6.07, 6.45) is 11.3.